The van der Waals surface area contributed by atoms with Gasteiger partial charge in [0.1, 0.15) is 0 Å². The molecule has 108 valence electrons. The van der Waals surface area contributed by atoms with Crippen molar-refractivity contribution in [3.8, 4) is 0 Å². The van der Waals surface area contributed by atoms with Crippen LogP contribution in [0.25, 0.3) is 0 Å². The van der Waals surface area contributed by atoms with Crippen molar-refractivity contribution in [2.24, 2.45) is 11.7 Å². The first-order chi connectivity index (χ1) is 7.92. The fraction of sp³-hybridized carbons (Fsp3) is 0.923. The fourth-order valence-corrected chi connectivity index (χ4v) is 2.87. The molecule has 1 rings (SSSR count). The van der Waals surface area contributed by atoms with E-state index in [1.165, 1.54) is 6.42 Å². The molecule has 1 aliphatic heterocycles. The van der Waals surface area contributed by atoms with E-state index in [-0.39, 0.29) is 17.2 Å². The van der Waals surface area contributed by atoms with E-state index in [0.29, 0.717) is 17.6 Å². The molecule has 1 amide bonds. The monoisotopic (exact) mass is 294 g/mol. The summed E-state index contributed by atoms with van der Waals surface area (Å²) in [6.45, 7) is 9.05. The van der Waals surface area contributed by atoms with Crippen molar-refractivity contribution in [3.63, 3.8) is 0 Å². The zero-order chi connectivity index (χ0) is 12.9. The Hall–Kier alpha value is 0.0700. The third-order valence-electron chi connectivity index (χ3n) is 3.08. The molecular formula is C13H27ClN2OS. The minimum atomic E-state index is 0. The van der Waals surface area contributed by atoms with Crippen LogP contribution < -0.4 is 5.73 Å². The normalized spacial score (nSPS) is 20.4. The van der Waals surface area contributed by atoms with Gasteiger partial charge in [-0.25, -0.2) is 0 Å². The molecule has 0 aromatic rings. The molecule has 2 N–H and O–H groups in total. The standard InChI is InChI=1S/C13H26N2OS.ClH/c1-13(2,3)17-10-12(16)15-8-4-5-11(9-15)6-7-14;/h11H,4-10,14H2,1-3H3;1H. The second-order valence-corrected chi connectivity index (χ2v) is 7.63. The Balaban J connectivity index is 0.00000289. The fourth-order valence-electron chi connectivity index (χ4n) is 2.13. The van der Waals surface area contributed by atoms with Gasteiger partial charge in [0.2, 0.25) is 5.91 Å². The number of halogens is 1. The Labute approximate surface area is 122 Å². The van der Waals surface area contributed by atoms with E-state index in [1.807, 2.05) is 4.90 Å². The average molecular weight is 295 g/mol. The van der Waals surface area contributed by atoms with Crippen LogP contribution >= 0.6 is 24.2 Å². The number of hydrogen-bond donors (Lipinski definition) is 1. The predicted molar refractivity (Wildman–Crippen MR) is 82.4 cm³/mol. The number of piperidine rings is 1. The minimum Gasteiger partial charge on any atom is -0.342 e. The van der Waals surface area contributed by atoms with Gasteiger partial charge in [0.25, 0.3) is 0 Å². The van der Waals surface area contributed by atoms with Gasteiger partial charge in [-0.3, -0.25) is 4.79 Å². The number of carbonyl (C=O) groups is 1. The summed E-state index contributed by atoms with van der Waals surface area (Å²) < 4.78 is 0.169. The summed E-state index contributed by atoms with van der Waals surface area (Å²) in [6.07, 6.45) is 3.42. The van der Waals surface area contributed by atoms with Gasteiger partial charge in [0.15, 0.2) is 0 Å². The van der Waals surface area contributed by atoms with Gasteiger partial charge in [-0.15, -0.1) is 24.2 Å². The van der Waals surface area contributed by atoms with Crippen LogP contribution in [0.15, 0.2) is 0 Å². The van der Waals surface area contributed by atoms with Crippen LogP contribution in [0.2, 0.25) is 0 Å². The lowest BCUT2D eigenvalue weighted by Gasteiger charge is -2.33. The molecule has 3 nitrogen and oxygen atoms in total. The van der Waals surface area contributed by atoms with Crippen LogP contribution in [0.1, 0.15) is 40.0 Å². The van der Waals surface area contributed by atoms with Crippen molar-refractivity contribution in [1.29, 1.82) is 0 Å². The molecule has 0 radical (unpaired) electrons. The van der Waals surface area contributed by atoms with Crippen LogP contribution in [0.5, 0.6) is 0 Å². The number of nitrogens with two attached hydrogens (primary N) is 1. The molecule has 0 aromatic carbocycles. The molecule has 18 heavy (non-hydrogen) atoms. The molecule has 5 heteroatoms. The average Bonchev–Trinajstić information content (AvgIpc) is 2.26. The third-order valence-corrected chi connectivity index (χ3v) is 4.33. The van der Waals surface area contributed by atoms with E-state index in [2.05, 4.69) is 20.8 Å². The first kappa shape index (κ1) is 18.1. The lowest BCUT2D eigenvalue weighted by atomic mass is 9.95. The van der Waals surface area contributed by atoms with Gasteiger partial charge in [-0.05, 0) is 31.7 Å². The first-order valence-corrected chi connectivity index (χ1v) is 7.53. The first-order valence-electron chi connectivity index (χ1n) is 6.54. The Morgan fingerprint density at radius 2 is 2.11 bits per heavy atom. The largest absolute Gasteiger partial charge is 0.342 e. The summed E-state index contributed by atoms with van der Waals surface area (Å²) in [7, 11) is 0. The predicted octanol–water partition coefficient (Wildman–Crippen LogP) is 2.53. The SMILES string of the molecule is CC(C)(C)SCC(=O)N1CCCC(CCN)C1.Cl. The number of amides is 1. The van der Waals surface area contributed by atoms with Crippen LogP contribution in [-0.4, -0.2) is 40.9 Å². The van der Waals surface area contributed by atoms with Crippen molar-refractivity contribution in [2.75, 3.05) is 25.4 Å². The summed E-state index contributed by atoms with van der Waals surface area (Å²) in [4.78, 5) is 14.1. The second kappa shape index (κ2) is 8.28. The van der Waals surface area contributed by atoms with Crippen LogP contribution in [0, 0.1) is 5.92 Å². The Morgan fingerprint density at radius 3 is 2.67 bits per heavy atom. The molecule has 1 fully saturated rings. The molecule has 1 saturated heterocycles. The lowest BCUT2D eigenvalue weighted by Crippen LogP contribution is -2.41. The number of rotatable bonds is 4. The van der Waals surface area contributed by atoms with Gasteiger partial charge < -0.3 is 10.6 Å². The number of likely N-dealkylation sites (tertiary alicyclic amines) is 1. The molecule has 1 aliphatic rings. The van der Waals surface area contributed by atoms with Crippen LogP contribution in [-0.2, 0) is 4.79 Å². The van der Waals surface area contributed by atoms with Crippen LogP contribution in [0.3, 0.4) is 0 Å². The number of carbonyl (C=O) groups excluding carboxylic acids is 1. The Morgan fingerprint density at radius 1 is 1.44 bits per heavy atom. The molecular weight excluding hydrogens is 268 g/mol. The maximum absolute atomic E-state index is 12.1. The van der Waals surface area contributed by atoms with Gasteiger partial charge in [0.05, 0.1) is 5.75 Å². The zero-order valence-electron chi connectivity index (χ0n) is 11.8. The van der Waals surface area contributed by atoms with Crippen molar-refractivity contribution in [2.45, 2.75) is 44.8 Å². The summed E-state index contributed by atoms with van der Waals surface area (Å²) in [6, 6.07) is 0. The summed E-state index contributed by atoms with van der Waals surface area (Å²) in [5.41, 5.74) is 5.59. The third kappa shape index (κ3) is 6.86. The van der Waals surface area contributed by atoms with Gasteiger partial charge in [-0.1, -0.05) is 20.8 Å². The van der Waals surface area contributed by atoms with E-state index >= 15 is 0 Å². The van der Waals surface area contributed by atoms with Gasteiger partial charge >= 0.3 is 0 Å². The molecule has 0 spiro atoms. The van der Waals surface area contributed by atoms with E-state index in [1.54, 1.807) is 11.8 Å². The Bertz CT molecular complexity index is 254. The van der Waals surface area contributed by atoms with Gasteiger partial charge in [-0.2, -0.15) is 0 Å². The molecule has 1 atom stereocenters. The lowest BCUT2D eigenvalue weighted by molar-refractivity contribution is -0.130. The molecule has 0 bridgehead atoms. The highest BCUT2D eigenvalue weighted by atomic mass is 35.5. The molecule has 0 aromatic heterocycles. The summed E-state index contributed by atoms with van der Waals surface area (Å²) in [5, 5.41) is 0. The van der Waals surface area contributed by atoms with Crippen molar-refractivity contribution in [1.82, 2.24) is 4.90 Å². The van der Waals surface area contributed by atoms with Crippen LogP contribution in [0.4, 0.5) is 0 Å². The smallest absolute Gasteiger partial charge is 0.232 e. The highest BCUT2D eigenvalue weighted by Crippen LogP contribution is 2.25. The van der Waals surface area contributed by atoms with E-state index in [4.69, 9.17) is 5.73 Å². The molecule has 0 aliphatic carbocycles. The number of nitrogens with zero attached hydrogens (tertiary/aromatic N) is 1. The quantitative estimate of drug-likeness (QED) is 0.867. The molecule has 0 saturated carbocycles. The topological polar surface area (TPSA) is 46.3 Å². The molecule has 1 unspecified atom stereocenters. The number of hydrogen-bond acceptors (Lipinski definition) is 3. The maximum Gasteiger partial charge on any atom is 0.232 e. The van der Waals surface area contributed by atoms with E-state index < -0.39 is 0 Å². The highest BCUT2D eigenvalue weighted by Gasteiger charge is 2.24. The highest BCUT2D eigenvalue weighted by molar-refractivity contribution is 8.01. The second-order valence-electron chi connectivity index (χ2n) is 5.83. The maximum atomic E-state index is 12.1. The minimum absolute atomic E-state index is 0. The summed E-state index contributed by atoms with van der Waals surface area (Å²) in [5.74, 6) is 1.53. The van der Waals surface area contributed by atoms with Crippen molar-refractivity contribution < 1.29 is 4.79 Å². The van der Waals surface area contributed by atoms with Gasteiger partial charge in [0, 0.05) is 17.8 Å². The van der Waals surface area contributed by atoms with Crippen molar-refractivity contribution >= 4 is 30.1 Å². The van der Waals surface area contributed by atoms with E-state index in [9.17, 15) is 4.79 Å². The summed E-state index contributed by atoms with van der Waals surface area (Å²) >= 11 is 1.73. The Kier molecular flexibility index (Phi) is 8.31. The van der Waals surface area contributed by atoms with Crippen molar-refractivity contribution in [3.05, 3.63) is 0 Å². The zero-order valence-corrected chi connectivity index (χ0v) is 13.4. The number of thioether (sulfide) groups is 1. The van der Waals surface area contributed by atoms with E-state index in [0.717, 1.165) is 32.5 Å². The molecule has 1 heterocycles.